The highest BCUT2D eigenvalue weighted by atomic mass is 79.9. The molecular weight excluding hydrogens is 438 g/mol. The van der Waals surface area contributed by atoms with Crippen LogP contribution in [0, 0.1) is 0 Å². The zero-order valence-corrected chi connectivity index (χ0v) is 17.3. The average molecular weight is 458 g/mol. The number of benzene rings is 2. The Balaban J connectivity index is 1.81. The van der Waals surface area contributed by atoms with Crippen molar-refractivity contribution in [2.75, 3.05) is 6.61 Å². The van der Waals surface area contributed by atoms with Crippen LogP contribution < -0.4 is 21.1 Å². The van der Waals surface area contributed by atoms with Gasteiger partial charge >= 0.3 is 0 Å². The van der Waals surface area contributed by atoms with Crippen LogP contribution in [0.4, 0.5) is 0 Å². The lowest BCUT2D eigenvalue weighted by Crippen LogP contribution is -2.37. The zero-order chi connectivity index (χ0) is 21.0. The number of imide groups is 1. The summed E-state index contributed by atoms with van der Waals surface area (Å²) in [4.78, 5) is 36.0. The number of rotatable bonds is 7. The van der Waals surface area contributed by atoms with Crippen LogP contribution in [-0.4, -0.2) is 24.3 Å². The van der Waals surface area contributed by atoms with E-state index in [4.69, 9.17) is 10.5 Å². The van der Waals surface area contributed by atoms with Crippen LogP contribution in [0.3, 0.4) is 0 Å². The highest BCUT2D eigenvalue weighted by molar-refractivity contribution is 9.10. The van der Waals surface area contributed by atoms with E-state index in [1.807, 2.05) is 13.0 Å². The van der Waals surface area contributed by atoms with Crippen molar-refractivity contribution in [3.63, 3.8) is 0 Å². The summed E-state index contributed by atoms with van der Waals surface area (Å²) in [5.41, 5.74) is 7.87. The van der Waals surface area contributed by atoms with Gasteiger partial charge in [0.15, 0.2) is 0 Å². The summed E-state index contributed by atoms with van der Waals surface area (Å²) >= 11 is 3.36. The van der Waals surface area contributed by atoms with Crippen molar-refractivity contribution in [3.05, 3.63) is 69.3 Å². The first-order valence-electron chi connectivity index (χ1n) is 9.05. The summed E-state index contributed by atoms with van der Waals surface area (Å²) in [5, 5.41) is 5.39. The molecular formula is C21H20BrN3O4. The maximum absolute atomic E-state index is 12.3. The zero-order valence-electron chi connectivity index (χ0n) is 15.8. The molecule has 0 spiro atoms. The van der Waals surface area contributed by atoms with Gasteiger partial charge in [0.1, 0.15) is 5.75 Å². The van der Waals surface area contributed by atoms with E-state index in [2.05, 4.69) is 26.6 Å². The van der Waals surface area contributed by atoms with E-state index >= 15 is 0 Å². The van der Waals surface area contributed by atoms with Crippen molar-refractivity contribution in [1.82, 2.24) is 10.6 Å². The van der Waals surface area contributed by atoms with Crippen molar-refractivity contribution < 1.29 is 19.1 Å². The minimum atomic E-state index is -0.569. The highest BCUT2D eigenvalue weighted by Crippen LogP contribution is 2.27. The third kappa shape index (κ3) is 4.65. The topological polar surface area (TPSA) is 111 Å². The number of primary amides is 1. The fourth-order valence-electron chi connectivity index (χ4n) is 2.93. The second kappa shape index (κ2) is 8.91. The predicted octanol–water partition coefficient (Wildman–Crippen LogP) is 2.74. The molecule has 2 aromatic carbocycles. The first-order valence-corrected chi connectivity index (χ1v) is 9.84. The van der Waals surface area contributed by atoms with Gasteiger partial charge in [-0.05, 0) is 42.3 Å². The molecule has 0 saturated carbocycles. The summed E-state index contributed by atoms with van der Waals surface area (Å²) in [5.74, 6) is -1.02. The molecule has 1 heterocycles. The molecule has 0 unspecified atom stereocenters. The number of nitrogens with two attached hydrogens (primary N) is 1. The molecule has 0 aromatic heterocycles. The minimum absolute atomic E-state index is 0.306. The largest absolute Gasteiger partial charge is 0.493 e. The third-order valence-corrected chi connectivity index (χ3v) is 4.81. The van der Waals surface area contributed by atoms with Crippen molar-refractivity contribution in [2.24, 2.45) is 5.73 Å². The Labute approximate surface area is 176 Å². The Morgan fingerprint density at radius 2 is 1.97 bits per heavy atom. The highest BCUT2D eigenvalue weighted by Gasteiger charge is 2.27. The van der Waals surface area contributed by atoms with Crippen LogP contribution in [0.1, 0.15) is 45.2 Å². The molecule has 0 saturated heterocycles. The van der Waals surface area contributed by atoms with Gasteiger partial charge in [-0.3, -0.25) is 19.7 Å². The van der Waals surface area contributed by atoms with E-state index in [1.54, 1.807) is 36.5 Å². The van der Waals surface area contributed by atoms with Gasteiger partial charge < -0.3 is 15.8 Å². The fraction of sp³-hybridized carbons (Fsp3) is 0.190. The molecule has 4 N–H and O–H groups in total. The lowest BCUT2D eigenvalue weighted by molar-refractivity contribution is -0.114. The number of hydrogen-bond acceptors (Lipinski definition) is 5. The summed E-state index contributed by atoms with van der Waals surface area (Å²) in [6, 6.07) is 10.3. The summed E-state index contributed by atoms with van der Waals surface area (Å²) in [6.07, 6.45) is 2.37. The Morgan fingerprint density at radius 3 is 2.69 bits per heavy atom. The number of ether oxygens (including phenoxy) is 1. The van der Waals surface area contributed by atoms with Gasteiger partial charge in [-0.25, -0.2) is 0 Å². The Kier molecular flexibility index (Phi) is 6.33. The maximum Gasteiger partial charge on any atom is 0.260 e. The Bertz CT molecular complexity index is 1020. The van der Waals surface area contributed by atoms with Gasteiger partial charge in [-0.15, -0.1) is 0 Å². The van der Waals surface area contributed by atoms with Crippen LogP contribution in [-0.2, 0) is 11.3 Å². The smallest absolute Gasteiger partial charge is 0.260 e. The lowest BCUT2D eigenvalue weighted by Gasteiger charge is -2.18. The molecule has 0 bridgehead atoms. The van der Waals surface area contributed by atoms with Crippen LogP contribution >= 0.6 is 15.9 Å². The molecule has 3 rings (SSSR count). The third-order valence-electron chi connectivity index (χ3n) is 4.31. The van der Waals surface area contributed by atoms with Crippen LogP contribution in [0.5, 0.6) is 5.75 Å². The lowest BCUT2D eigenvalue weighted by atomic mass is 9.95. The van der Waals surface area contributed by atoms with Gasteiger partial charge in [0, 0.05) is 28.3 Å². The Morgan fingerprint density at radius 1 is 1.17 bits per heavy atom. The van der Waals surface area contributed by atoms with Gasteiger partial charge in [0.05, 0.1) is 17.7 Å². The van der Waals surface area contributed by atoms with E-state index in [1.165, 1.54) is 0 Å². The number of nitrogens with one attached hydrogen (secondary N) is 2. The Hall–Kier alpha value is -3.13. The quantitative estimate of drug-likeness (QED) is 0.437. The van der Waals surface area contributed by atoms with Gasteiger partial charge in [0.2, 0.25) is 0 Å². The normalized spacial score (nSPS) is 14.3. The first-order chi connectivity index (χ1) is 13.9. The molecule has 1 aliphatic rings. The number of fused-ring (bicyclic) bond motifs is 1. The van der Waals surface area contributed by atoms with E-state index < -0.39 is 17.7 Å². The van der Waals surface area contributed by atoms with Crippen LogP contribution in [0.15, 0.2) is 47.1 Å². The minimum Gasteiger partial charge on any atom is -0.493 e. The monoisotopic (exact) mass is 457 g/mol. The van der Waals surface area contributed by atoms with Crippen molar-refractivity contribution >= 4 is 39.2 Å². The molecule has 8 heteroatoms. The summed E-state index contributed by atoms with van der Waals surface area (Å²) in [7, 11) is 0. The second-order valence-corrected chi connectivity index (χ2v) is 7.37. The molecule has 2 aromatic rings. The molecule has 3 amide bonds. The van der Waals surface area contributed by atoms with E-state index in [9.17, 15) is 14.4 Å². The SMILES string of the molecule is CCCOc1ccc(CN/C=C2\C(=O)NC(=O)c3ccc(Br)cc32)cc1C(N)=O. The van der Waals surface area contributed by atoms with Crippen molar-refractivity contribution in [1.29, 1.82) is 0 Å². The van der Waals surface area contributed by atoms with Crippen molar-refractivity contribution in [3.8, 4) is 5.75 Å². The first kappa shape index (κ1) is 20.6. The predicted molar refractivity (Wildman–Crippen MR) is 112 cm³/mol. The summed E-state index contributed by atoms with van der Waals surface area (Å²) in [6.45, 7) is 2.82. The maximum atomic E-state index is 12.3. The number of carbonyl (C=O) groups is 3. The van der Waals surface area contributed by atoms with E-state index in [0.29, 0.717) is 41.2 Å². The van der Waals surface area contributed by atoms with Gasteiger partial charge in [0.25, 0.3) is 17.7 Å². The summed E-state index contributed by atoms with van der Waals surface area (Å²) < 4.78 is 6.32. The number of hydrogen-bond donors (Lipinski definition) is 3. The van der Waals surface area contributed by atoms with Gasteiger partial charge in [-0.2, -0.15) is 0 Å². The molecule has 0 fully saturated rings. The standard InChI is InChI=1S/C21H20BrN3O4/c1-2-7-29-18-6-3-12(8-16(18)19(23)26)10-24-11-17-15-9-13(22)4-5-14(15)20(27)25-21(17)28/h3-6,8-9,11,24H,2,7,10H2,1H3,(H2,23,26)(H,25,27,28)/b17-11-. The van der Waals surface area contributed by atoms with Crippen molar-refractivity contribution in [2.45, 2.75) is 19.9 Å². The number of carbonyl (C=O) groups excluding carboxylic acids is 3. The molecule has 0 atom stereocenters. The fourth-order valence-corrected chi connectivity index (χ4v) is 3.29. The van der Waals surface area contributed by atoms with E-state index in [-0.39, 0.29) is 0 Å². The molecule has 29 heavy (non-hydrogen) atoms. The van der Waals surface area contributed by atoms with Crippen LogP contribution in [0.25, 0.3) is 5.57 Å². The van der Waals surface area contributed by atoms with Gasteiger partial charge in [-0.1, -0.05) is 28.9 Å². The molecule has 0 aliphatic carbocycles. The second-order valence-electron chi connectivity index (χ2n) is 6.46. The number of amides is 3. The molecule has 1 aliphatic heterocycles. The number of halogens is 1. The molecule has 0 radical (unpaired) electrons. The molecule has 7 nitrogen and oxygen atoms in total. The molecule has 150 valence electrons. The van der Waals surface area contributed by atoms with Crippen LogP contribution in [0.2, 0.25) is 0 Å². The van der Waals surface area contributed by atoms with E-state index in [0.717, 1.165) is 16.5 Å². The average Bonchev–Trinajstić information content (AvgIpc) is 2.68.